The van der Waals surface area contributed by atoms with Crippen LogP contribution in [-0.2, 0) is 11.8 Å². The molecule has 0 unspecified atom stereocenters. The Kier molecular flexibility index (Phi) is 3.68. The average Bonchev–Trinajstić information content (AvgIpc) is 2.14. The first kappa shape index (κ1) is 11.2. The van der Waals surface area contributed by atoms with Crippen molar-refractivity contribution in [1.82, 2.24) is 0 Å². The van der Waals surface area contributed by atoms with Gasteiger partial charge in [-0.2, -0.15) is 0 Å². The standard InChI is InChI=1S/C13H19F/c1-13(2,3)12-8-6-11(7-9-12)5-4-10-14/h6-9H,4-5,10H2,1-3H3/i14-1. The largest absolute Gasteiger partial charge is 0.251 e. The molecule has 78 valence electrons. The van der Waals surface area contributed by atoms with Gasteiger partial charge in [-0.3, -0.25) is 4.39 Å². The highest BCUT2D eigenvalue weighted by Crippen LogP contribution is 2.22. The molecule has 0 fully saturated rings. The number of hydrogen-bond acceptors (Lipinski definition) is 0. The first-order chi connectivity index (χ1) is 6.54. The van der Waals surface area contributed by atoms with Crippen molar-refractivity contribution >= 4 is 0 Å². The summed E-state index contributed by atoms with van der Waals surface area (Å²) in [6.07, 6.45) is 1.48. The van der Waals surface area contributed by atoms with Crippen LogP contribution in [0.2, 0.25) is 0 Å². The van der Waals surface area contributed by atoms with Gasteiger partial charge in [0, 0.05) is 0 Å². The molecule has 1 rings (SSSR count). The summed E-state index contributed by atoms with van der Waals surface area (Å²) >= 11 is 0. The van der Waals surface area contributed by atoms with E-state index in [9.17, 15) is 4.39 Å². The zero-order valence-electron chi connectivity index (χ0n) is 9.31. The van der Waals surface area contributed by atoms with E-state index in [1.807, 2.05) is 0 Å². The van der Waals surface area contributed by atoms with Gasteiger partial charge in [-0.05, 0) is 29.4 Å². The Morgan fingerprint density at radius 1 is 1.07 bits per heavy atom. The zero-order valence-corrected chi connectivity index (χ0v) is 9.31. The lowest BCUT2D eigenvalue weighted by Crippen LogP contribution is -2.10. The quantitative estimate of drug-likeness (QED) is 0.683. The predicted octanol–water partition coefficient (Wildman–Crippen LogP) is 3.89. The lowest BCUT2D eigenvalue weighted by molar-refractivity contribution is 0.473. The van der Waals surface area contributed by atoms with Crippen molar-refractivity contribution in [1.29, 1.82) is 0 Å². The van der Waals surface area contributed by atoms with Gasteiger partial charge in [0.1, 0.15) is 0 Å². The van der Waals surface area contributed by atoms with Gasteiger partial charge in [0.15, 0.2) is 0 Å². The number of benzene rings is 1. The lowest BCUT2D eigenvalue weighted by atomic mass is 9.86. The summed E-state index contributed by atoms with van der Waals surface area (Å²) in [4.78, 5) is 0. The molecule has 1 aromatic carbocycles. The lowest BCUT2D eigenvalue weighted by Gasteiger charge is -2.19. The van der Waals surface area contributed by atoms with Gasteiger partial charge in [0.25, 0.3) is 0 Å². The molecule has 0 heterocycles. The van der Waals surface area contributed by atoms with Crippen LogP contribution in [0.5, 0.6) is 0 Å². The second kappa shape index (κ2) is 4.59. The molecule has 0 saturated carbocycles. The minimum atomic E-state index is -0.221. The molecule has 0 nitrogen and oxygen atoms in total. The van der Waals surface area contributed by atoms with Gasteiger partial charge in [0.2, 0.25) is 0 Å². The monoisotopic (exact) mass is 193 g/mol. The van der Waals surface area contributed by atoms with Crippen LogP contribution in [0.15, 0.2) is 24.3 Å². The maximum absolute atomic E-state index is 11.9. The molecule has 0 aliphatic heterocycles. The number of rotatable bonds is 3. The molecule has 0 radical (unpaired) electrons. The Morgan fingerprint density at radius 2 is 1.64 bits per heavy atom. The van der Waals surface area contributed by atoms with Crippen LogP contribution in [0, 0.1) is 0 Å². The van der Waals surface area contributed by atoms with Crippen molar-refractivity contribution in [2.45, 2.75) is 39.0 Å². The number of alkyl halides is 1. The van der Waals surface area contributed by atoms with Crippen molar-refractivity contribution in [2.24, 2.45) is 0 Å². The van der Waals surface area contributed by atoms with Gasteiger partial charge >= 0.3 is 0 Å². The van der Waals surface area contributed by atoms with E-state index < -0.39 is 0 Å². The van der Waals surface area contributed by atoms with E-state index in [2.05, 4.69) is 45.0 Å². The molecule has 0 N–H and O–H groups in total. The Morgan fingerprint density at radius 3 is 2.07 bits per heavy atom. The van der Waals surface area contributed by atoms with E-state index in [1.54, 1.807) is 0 Å². The molecule has 0 spiro atoms. The number of halogens is 1. The van der Waals surface area contributed by atoms with Crippen molar-refractivity contribution < 1.29 is 4.39 Å². The molecular weight excluding hydrogens is 174 g/mol. The zero-order chi connectivity index (χ0) is 10.6. The first-order valence-electron chi connectivity index (χ1n) is 5.19. The van der Waals surface area contributed by atoms with Crippen molar-refractivity contribution in [3.63, 3.8) is 0 Å². The average molecular weight is 193 g/mol. The summed E-state index contributed by atoms with van der Waals surface area (Å²) in [5.74, 6) is 0. The molecule has 1 aromatic rings. The highest BCUT2D eigenvalue weighted by molar-refractivity contribution is 5.27. The van der Waals surface area contributed by atoms with Crippen LogP contribution in [0.4, 0.5) is 4.39 Å². The molecule has 0 saturated heterocycles. The molecular formula is C13H19F. The van der Waals surface area contributed by atoms with Gasteiger partial charge in [-0.25, -0.2) is 0 Å². The summed E-state index contributed by atoms with van der Waals surface area (Å²) < 4.78 is 11.9. The molecule has 0 bridgehead atoms. The van der Waals surface area contributed by atoms with Gasteiger partial charge in [-0.1, -0.05) is 45.0 Å². The van der Waals surface area contributed by atoms with Crippen LogP contribution in [0.3, 0.4) is 0 Å². The van der Waals surface area contributed by atoms with Crippen LogP contribution in [0.25, 0.3) is 0 Å². The smallest absolute Gasteiger partial charge is 0.0897 e. The molecule has 1 heteroatoms. The Labute approximate surface area is 86.2 Å². The highest BCUT2D eigenvalue weighted by Gasteiger charge is 2.12. The topological polar surface area (TPSA) is 0 Å². The van der Waals surface area contributed by atoms with Crippen molar-refractivity contribution in [3.8, 4) is 0 Å². The predicted molar refractivity (Wildman–Crippen MR) is 59.4 cm³/mol. The van der Waals surface area contributed by atoms with Crippen molar-refractivity contribution in [2.75, 3.05) is 6.67 Å². The third kappa shape index (κ3) is 3.13. The van der Waals surface area contributed by atoms with Gasteiger partial charge in [-0.15, -0.1) is 0 Å². The normalized spacial score (nSPS) is 11.7. The van der Waals surface area contributed by atoms with Crippen LogP contribution >= 0.6 is 0 Å². The fourth-order valence-corrected chi connectivity index (χ4v) is 1.44. The maximum atomic E-state index is 11.9. The minimum absolute atomic E-state index is 0.207. The summed E-state index contributed by atoms with van der Waals surface area (Å²) in [6.45, 7) is 6.37. The fraction of sp³-hybridized carbons (Fsp3) is 0.538. The summed E-state index contributed by atoms with van der Waals surface area (Å²) in [6, 6.07) is 8.51. The van der Waals surface area contributed by atoms with E-state index in [0.717, 1.165) is 6.42 Å². The summed E-state index contributed by atoms with van der Waals surface area (Å²) in [5, 5.41) is 0. The maximum Gasteiger partial charge on any atom is 0.0897 e. The van der Waals surface area contributed by atoms with Gasteiger partial charge < -0.3 is 0 Å². The summed E-state index contributed by atoms with van der Waals surface area (Å²) in [5.41, 5.74) is 2.77. The Bertz CT molecular complexity index is 266. The Balaban J connectivity index is 2.69. The third-order valence-electron chi connectivity index (χ3n) is 2.42. The molecule has 0 amide bonds. The third-order valence-corrected chi connectivity index (χ3v) is 2.42. The van der Waals surface area contributed by atoms with E-state index >= 15 is 0 Å². The molecule has 0 aliphatic carbocycles. The van der Waals surface area contributed by atoms with Gasteiger partial charge in [0.05, 0.1) is 6.67 Å². The summed E-state index contributed by atoms with van der Waals surface area (Å²) in [7, 11) is 0. The SMILES string of the molecule is CC(C)(C)c1ccc(CCC[18F])cc1. The number of aryl methyl sites for hydroxylation is 1. The second-order valence-corrected chi connectivity index (χ2v) is 4.74. The van der Waals surface area contributed by atoms with Crippen LogP contribution < -0.4 is 0 Å². The second-order valence-electron chi connectivity index (χ2n) is 4.74. The van der Waals surface area contributed by atoms with E-state index in [-0.39, 0.29) is 12.1 Å². The Hall–Kier alpha value is -0.850. The van der Waals surface area contributed by atoms with E-state index in [1.165, 1.54) is 11.1 Å². The molecule has 0 atom stereocenters. The van der Waals surface area contributed by atoms with Crippen LogP contribution in [-0.4, -0.2) is 6.67 Å². The van der Waals surface area contributed by atoms with E-state index in [0.29, 0.717) is 6.42 Å². The molecule has 0 aliphatic rings. The molecule has 14 heavy (non-hydrogen) atoms. The minimum Gasteiger partial charge on any atom is -0.251 e. The van der Waals surface area contributed by atoms with Crippen LogP contribution in [0.1, 0.15) is 38.3 Å². The fourth-order valence-electron chi connectivity index (χ4n) is 1.44. The number of hydrogen-bond donors (Lipinski definition) is 0. The first-order valence-corrected chi connectivity index (χ1v) is 5.19. The van der Waals surface area contributed by atoms with E-state index in [4.69, 9.17) is 0 Å². The highest BCUT2D eigenvalue weighted by atomic mass is 18.2. The van der Waals surface area contributed by atoms with Crippen molar-refractivity contribution in [3.05, 3.63) is 35.4 Å². The molecule has 0 aromatic heterocycles.